The standard InChI is InChI=1S/C22H26N4O3/c23-15-11-16-13-29-17-5-3-4-14(10-17)18-6-1-2-7-19(18)21(27)25-9-8-20(24)22(28)26(16)12-15/h1-7,10,15-16,20H,8-9,11-13,23-24H2,(H,25,27)/t15-,16-,20+/m0/s1. The zero-order chi connectivity index (χ0) is 20.4. The third kappa shape index (κ3) is 4.11. The molecule has 1 saturated heterocycles. The molecule has 0 unspecified atom stereocenters. The van der Waals surface area contributed by atoms with Crippen LogP contribution in [0.5, 0.6) is 5.75 Å². The second-order valence-electron chi connectivity index (χ2n) is 7.68. The summed E-state index contributed by atoms with van der Waals surface area (Å²) in [5.41, 5.74) is 14.5. The lowest BCUT2D eigenvalue weighted by atomic mass is 9.99. The van der Waals surface area contributed by atoms with Crippen molar-refractivity contribution in [2.75, 3.05) is 19.7 Å². The maximum atomic E-state index is 12.8. The summed E-state index contributed by atoms with van der Waals surface area (Å²) in [4.78, 5) is 27.3. The summed E-state index contributed by atoms with van der Waals surface area (Å²) in [6.07, 6.45) is 1.04. The number of hydrogen-bond donors (Lipinski definition) is 3. The van der Waals surface area contributed by atoms with Gasteiger partial charge in [-0.3, -0.25) is 9.59 Å². The van der Waals surface area contributed by atoms with E-state index in [4.69, 9.17) is 16.2 Å². The number of nitrogens with zero attached hydrogens (tertiary/aromatic N) is 1. The Balaban J connectivity index is 1.68. The number of nitrogens with one attached hydrogen (secondary N) is 1. The van der Waals surface area contributed by atoms with E-state index in [0.29, 0.717) is 43.9 Å². The normalized spacial score (nSPS) is 25.2. The fourth-order valence-corrected chi connectivity index (χ4v) is 4.03. The first-order valence-corrected chi connectivity index (χ1v) is 9.95. The molecular weight excluding hydrogens is 368 g/mol. The van der Waals surface area contributed by atoms with E-state index < -0.39 is 6.04 Å². The molecule has 0 aliphatic carbocycles. The van der Waals surface area contributed by atoms with Gasteiger partial charge in [-0.2, -0.15) is 0 Å². The molecule has 1 fully saturated rings. The first-order chi connectivity index (χ1) is 14.0. The van der Waals surface area contributed by atoms with E-state index in [0.717, 1.165) is 11.1 Å². The topological polar surface area (TPSA) is 111 Å². The lowest BCUT2D eigenvalue weighted by Crippen LogP contribution is -2.49. The molecule has 2 amide bonds. The molecule has 2 aliphatic rings. The SMILES string of the molecule is N[C@H]1C[C@H]2COc3cccc(c3)-c3ccccc3C(=O)NCC[C@@H](N)C(=O)N2C1. The smallest absolute Gasteiger partial charge is 0.251 e. The van der Waals surface area contributed by atoms with Crippen LogP contribution in [0.2, 0.25) is 0 Å². The van der Waals surface area contributed by atoms with Crippen LogP contribution in [0.15, 0.2) is 48.5 Å². The lowest BCUT2D eigenvalue weighted by molar-refractivity contribution is -0.134. The molecule has 2 heterocycles. The van der Waals surface area contributed by atoms with Gasteiger partial charge in [0.2, 0.25) is 5.91 Å². The monoisotopic (exact) mass is 394 g/mol. The fourth-order valence-electron chi connectivity index (χ4n) is 4.03. The van der Waals surface area contributed by atoms with Crippen LogP contribution < -0.4 is 21.5 Å². The molecule has 7 heteroatoms. The Morgan fingerprint density at radius 3 is 2.66 bits per heavy atom. The molecular formula is C22H26N4O3. The van der Waals surface area contributed by atoms with Crippen molar-refractivity contribution in [2.45, 2.75) is 31.0 Å². The average molecular weight is 394 g/mol. The number of nitrogens with two attached hydrogens (primary N) is 2. The fraction of sp³-hybridized carbons (Fsp3) is 0.364. The van der Waals surface area contributed by atoms with Crippen LogP contribution in [0.3, 0.4) is 0 Å². The van der Waals surface area contributed by atoms with Crippen molar-refractivity contribution in [1.29, 1.82) is 0 Å². The molecule has 0 spiro atoms. The number of carbonyl (C=O) groups excluding carboxylic acids is 2. The van der Waals surface area contributed by atoms with Crippen molar-refractivity contribution < 1.29 is 14.3 Å². The molecule has 0 saturated carbocycles. The number of amides is 2. The summed E-state index contributed by atoms with van der Waals surface area (Å²) in [6, 6.07) is 14.2. The molecule has 2 bridgehead atoms. The molecule has 7 nitrogen and oxygen atoms in total. The Kier molecular flexibility index (Phi) is 5.51. The number of ether oxygens (including phenoxy) is 1. The summed E-state index contributed by atoms with van der Waals surface area (Å²) in [7, 11) is 0. The summed E-state index contributed by atoms with van der Waals surface area (Å²) >= 11 is 0. The Morgan fingerprint density at radius 1 is 1.03 bits per heavy atom. The van der Waals surface area contributed by atoms with E-state index in [1.54, 1.807) is 11.0 Å². The minimum Gasteiger partial charge on any atom is -0.491 e. The second-order valence-corrected chi connectivity index (χ2v) is 7.68. The van der Waals surface area contributed by atoms with Crippen molar-refractivity contribution in [3.8, 4) is 16.9 Å². The highest BCUT2D eigenvalue weighted by Crippen LogP contribution is 2.28. The van der Waals surface area contributed by atoms with Crippen molar-refractivity contribution >= 4 is 11.8 Å². The highest BCUT2D eigenvalue weighted by Gasteiger charge is 2.36. The molecule has 2 aromatic rings. The van der Waals surface area contributed by atoms with Crippen LogP contribution >= 0.6 is 0 Å². The zero-order valence-corrected chi connectivity index (χ0v) is 16.2. The number of carbonyl (C=O) groups is 2. The summed E-state index contributed by atoms with van der Waals surface area (Å²) in [5, 5.41) is 2.89. The maximum absolute atomic E-state index is 12.8. The van der Waals surface area contributed by atoms with Gasteiger partial charge < -0.3 is 26.4 Å². The molecule has 29 heavy (non-hydrogen) atoms. The van der Waals surface area contributed by atoms with Gasteiger partial charge in [-0.05, 0) is 42.2 Å². The van der Waals surface area contributed by atoms with Gasteiger partial charge >= 0.3 is 0 Å². The molecule has 5 N–H and O–H groups in total. The minimum absolute atomic E-state index is 0.0865. The quantitative estimate of drug-likeness (QED) is 0.620. The molecule has 0 radical (unpaired) electrons. The number of benzene rings is 2. The van der Waals surface area contributed by atoms with Crippen LogP contribution in [-0.4, -0.2) is 54.5 Å². The molecule has 4 rings (SSSR count). The molecule has 0 aromatic heterocycles. The first kappa shape index (κ1) is 19.4. The minimum atomic E-state index is -0.690. The van der Waals surface area contributed by atoms with Crippen LogP contribution in [0.1, 0.15) is 23.2 Å². The largest absolute Gasteiger partial charge is 0.491 e. The van der Waals surface area contributed by atoms with Crippen LogP contribution in [-0.2, 0) is 4.79 Å². The van der Waals surface area contributed by atoms with Crippen molar-refractivity contribution in [3.05, 3.63) is 54.1 Å². The zero-order valence-electron chi connectivity index (χ0n) is 16.2. The van der Waals surface area contributed by atoms with Gasteiger partial charge in [-0.1, -0.05) is 30.3 Å². The van der Waals surface area contributed by atoms with Gasteiger partial charge in [0.05, 0.1) is 12.1 Å². The summed E-state index contributed by atoms with van der Waals surface area (Å²) in [5.74, 6) is 0.345. The van der Waals surface area contributed by atoms with E-state index in [1.807, 2.05) is 42.5 Å². The van der Waals surface area contributed by atoms with E-state index >= 15 is 0 Å². The first-order valence-electron chi connectivity index (χ1n) is 9.95. The molecule has 3 atom stereocenters. The highest BCUT2D eigenvalue weighted by atomic mass is 16.5. The Bertz CT molecular complexity index is 916. The van der Waals surface area contributed by atoms with Gasteiger partial charge in [0.15, 0.2) is 0 Å². The van der Waals surface area contributed by atoms with Crippen molar-refractivity contribution in [3.63, 3.8) is 0 Å². The van der Waals surface area contributed by atoms with E-state index in [2.05, 4.69) is 5.32 Å². The van der Waals surface area contributed by atoms with Gasteiger partial charge in [-0.25, -0.2) is 0 Å². The number of fused-ring (bicyclic) bond motifs is 5. The van der Waals surface area contributed by atoms with Gasteiger partial charge in [0.1, 0.15) is 12.4 Å². The van der Waals surface area contributed by atoms with E-state index in [9.17, 15) is 9.59 Å². The van der Waals surface area contributed by atoms with E-state index in [1.165, 1.54) is 0 Å². The Labute approximate surface area is 170 Å². The van der Waals surface area contributed by atoms with Gasteiger partial charge in [0.25, 0.3) is 5.91 Å². The Hall–Kier alpha value is -2.90. The second kappa shape index (κ2) is 8.23. The van der Waals surface area contributed by atoms with Crippen molar-refractivity contribution in [2.24, 2.45) is 11.5 Å². The van der Waals surface area contributed by atoms with Crippen LogP contribution in [0, 0.1) is 0 Å². The number of rotatable bonds is 0. The molecule has 152 valence electrons. The van der Waals surface area contributed by atoms with Crippen LogP contribution in [0.25, 0.3) is 11.1 Å². The highest BCUT2D eigenvalue weighted by molar-refractivity contribution is 6.01. The van der Waals surface area contributed by atoms with E-state index in [-0.39, 0.29) is 23.9 Å². The molecule has 2 aliphatic heterocycles. The predicted molar refractivity (Wildman–Crippen MR) is 110 cm³/mol. The summed E-state index contributed by atoms with van der Waals surface area (Å²) in [6.45, 7) is 1.15. The van der Waals surface area contributed by atoms with Gasteiger partial charge in [0, 0.05) is 24.7 Å². The lowest BCUT2D eigenvalue weighted by Gasteiger charge is -2.27. The van der Waals surface area contributed by atoms with Crippen molar-refractivity contribution in [1.82, 2.24) is 10.2 Å². The third-order valence-electron chi connectivity index (χ3n) is 5.55. The predicted octanol–water partition coefficient (Wildman–Crippen LogP) is 1.12. The van der Waals surface area contributed by atoms with Crippen LogP contribution in [0.4, 0.5) is 0 Å². The van der Waals surface area contributed by atoms with Gasteiger partial charge in [-0.15, -0.1) is 0 Å². The number of hydrogen-bond acceptors (Lipinski definition) is 5. The maximum Gasteiger partial charge on any atom is 0.251 e. The Morgan fingerprint density at radius 2 is 1.83 bits per heavy atom. The average Bonchev–Trinajstić information content (AvgIpc) is 3.11. The summed E-state index contributed by atoms with van der Waals surface area (Å²) < 4.78 is 6.02. The molecule has 2 aromatic carbocycles. The third-order valence-corrected chi connectivity index (χ3v) is 5.55.